The van der Waals surface area contributed by atoms with E-state index in [0.29, 0.717) is 5.75 Å². The summed E-state index contributed by atoms with van der Waals surface area (Å²) < 4.78 is 37.7. The monoisotopic (exact) mass is 371 g/mol. The van der Waals surface area contributed by atoms with E-state index in [0.717, 1.165) is 28.8 Å². The lowest BCUT2D eigenvalue weighted by atomic mass is 10.1. The molecule has 0 aliphatic heterocycles. The summed E-state index contributed by atoms with van der Waals surface area (Å²) in [5.74, 6) is -0.781. The van der Waals surface area contributed by atoms with Gasteiger partial charge < -0.3 is 9.15 Å². The van der Waals surface area contributed by atoms with E-state index in [1.54, 1.807) is 0 Å². The van der Waals surface area contributed by atoms with Crippen molar-refractivity contribution in [3.63, 3.8) is 0 Å². The molecule has 140 valence electrons. The highest BCUT2D eigenvalue weighted by Gasteiger charge is 2.15. The lowest BCUT2D eigenvalue weighted by molar-refractivity contribution is -0.134. The Labute approximate surface area is 155 Å². The highest BCUT2D eigenvalue weighted by molar-refractivity contribution is 5.73. The van der Waals surface area contributed by atoms with Crippen molar-refractivity contribution in [3.8, 4) is 17.1 Å². The summed E-state index contributed by atoms with van der Waals surface area (Å²) in [7, 11) is 0. The van der Waals surface area contributed by atoms with Gasteiger partial charge in [0.05, 0.1) is 18.2 Å². The van der Waals surface area contributed by atoms with E-state index in [9.17, 15) is 13.6 Å². The highest BCUT2D eigenvalue weighted by atomic mass is 19.1. The molecule has 2 aromatic carbocycles. The van der Waals surface area contributed by atoms with Gasteiger partial charge in [0.15, 0.2) is 11.7 Å². The maximum absolute atomic E-state index is 13.8. The van der Waals surface area contributed by atoms with E-state index in [-0.39, 0.29) is 30.1 Å². The SMILES string of the molecule is Cc1cc(C)c(OC(=O)CCc2ncc(-c3ccc(F)cc3F)o2)c(C)c1. The standard InChI is InChI=1S/C21H19F2NO3/c1-12-8-13(2)21(14(3)9-12)27-20(25)7-6-19-24-11-18(26-19)16-5-4-15(22)10-17(16)23/h4-5,8-11H,6-7H2,1-3H3. The smallest absolute Gasteiger partial charge is 0.311 e. The molecule has 27 heavy (non-hydrogen) atoms. The maximum Gasteiger partial charge on any atom is 0.311 e. The Hall–Kier alpha value is -3.02. The predicted molar refractivity (Wildman–Crippen MR) is 96.5 cm³/mol. The third kappa shape index (κ3) is 4.39. The Balaban J connectivity index is 1.64. The third-order valence-electron chi connectivity index (χ3n) is 4.11. The van der Waals surface area contributed by atoms with Gasteiger partial charge in [0.25, 0.3) is 0 Å². The van der Waals surface area contributed by atoms with Gasteiger partial charge in [-0.25, -0.2) is 13.8 Å². The summed E-state index contributed by atoms with van der Waals surface area (Å²) in [4.78, 5) is 16.2. The topological polar surface area (TPSA) is 52.3 Å². The normalized spacial score (nSPS) is 10.9. The van der Waals surface area contributed by atoms with Crippen molar-refractivity contribution in [3.05, 3.63) is 70.7 Å². The molecular formula is C21H19F2NO3. The largest absolute Gasteiger partial charge is 0.441 e. The van der Waals surface area contributed by atoms with Gasteiger partial charge in [-0.3, -0.25) is 4.79 Å². The summed E-state index contributed by atoms with van der Waals surface area (Å²) in [6.45, 7) is 5.76. The highest BCUT2D eigenvalue weighted by Crippen LogP contribution is 2.26. The molecule has 0 aliphatic carbocycles. The van der Waals surface area contributed by atoms with Gasteiger partial charge in [-0.1, -0.05) is 17.7 Å². The molecule has 0 saturated carbocycles. The van der Waals surface area contributed by atoms with Gasteiger partial charge >= 0.3 is 5.97 Å². The first-order chi connectivity index (χ1) is 12.8. The van der Waals surface area contributed by atoms with Crippen molar-refractivity contribution < 1.29 is 22.7 Å². The van der Waals surface area contributed by atoms with Crippen LogP contribution < -0.4 is 4.74 Å². The Morgan fingerprint density at radius 1 is 1.11 bits per heavy atom. The van der Waals surface area contributed by atoms with Crippen molar-refractivity contribution in [2.75, 3.05) is 0 Å². The molecule has 3 rings (SSSR count). The number of rotatable bonds is 5. The van der Waals surface area contributed by atoms with Gasteiger partial charge in [-0.15, -0.1) is 0 Å². The molecule has 0 fully saturated rings. The number of halogens is 2. The minimum Gasteiger partial charge on any atom is -0.441 e. The minimum atomic E-state index is -0.734. The number of benzene rings is 2. The summed E-state index contributed by atoms with van der Waals surface area (Å²) in [6.07, 6.45) is 1.63. The molecule has 0 N–H and O–H groups in total. The zero-order valence-electron chi connectivity index (χ0n) is 15.3. The Morgan fingerprint density at radius 3 is 2.48 bits per heavy atom. The summed E-state index contributed by atoms with van der Waals surface area (Å²) in [6, 6.07) is 7.11. The molecule has 0 radical (unpaired) electrons. The van der Waals surface area contributed by atoms with E-state index >= 15 is 0 Å². The van der Waals surface area contributed by atoms with Gasteiger partial charge in [-0.2, -0.15) is 0 Å². The van der Waals surface area contributed by atoms with Crippen LogP contribution in [0, 0.1) is 32.4 Å². The first-order valence-electron chi connectivity index (χ1n) is 8.52. The van der Waals surface area contributed by atoms with Crippen molar-refractivity contribution in [1.29, 1.82) is 0 Å². The molecule has 0 unspecified atom stereocenters. The molecule has 0 atom stereocenters. The average molecular weight is 371 g/mol. The second-order valence-corrected chi connectivity index (χ2v) is 6.44. The van der Waals surface area contributed by atoms with Gasteiger partial charge in [0.1, 0.15) is 17.4 Å². The fourth-order valence-electron chi connectivity index (χ4n) is 2.94. The minimum absolute atomic E-state index is 0.0681. The number of carbonyl (C=O) groups excluding carboxylic acids is 1. The fraction of sp³-hybridized carbons (Fsp3) is 0.238. The zero-order chi connectivity index (χ0) is 19.6. The van der Waals surface area contributed by atoms with Crippen LogP contribution in [0.2, 0.25) is 0 Å². The molecule has 0 aliphatic rings. The molecule has 1 heterocycles. The molecule has 6 heteroatoms. The first kappa shape index (κ1) is 18.8. The van der Waals surface area contributed by atoms with Crippen molar-refractivity contribution in [2.45, 2.75) is 33.6 Å². The quantitative estimate of drug-likeness (QED) is 0.463. The lowest BCUT2D eigenvalue weighted by Crippen LogP contribution is -2.11. The van der Waals surface area contributed by atoms with Gasteiger partial charge in [0.2, 0.25) is 0 Å². The molecule has 3 aromatic rings. The van der Waals surface area contributed by atoms with E-state index in [1.807, 2.05) is 32.9 Å². The Morgan fingerprint density at radius 2 is 1.81 bits per heavy atom. The van der Waals surface area contributed by atoms with Crippen LogP contribution >= 0.6 is 0 Å². The van der Waals surface area contributed by atoms with Gasteiger partial charge in [-0.05, 0) is 44.0 Å². The van der Waals surface area contributed by atoms with Crippen LogP contribution in [-0.4, -0.2) is 11.0 Å². The van der Waals surface area contributed by atoms with Crippen LogP contribution in [0.1, 0.15) is 29.0 Å². The number of esters is 1. The molecule has 0 amide bonds. The molecule has 4 nitrogen and oxygen atoms in total. The third-order valence-corrected chi connectivity index (χ3v) is 4.11. The molecular weight excluding hydrogens is 352 g/mol. The number of aromatic nitrogens is 1. The average Bonchev–Trinajstić information content (AvgIpc) is 3.05. The second-order valence-electron chi connectivity index (χ2n) is 6.44. The van der Waals surface area contributed by atoms with Gasteiger partial charge in [0, 0.05) is 12.5 Å². The maximum atomic E-state index is 13.8. The molecule has 0 bridgehead atoms. The molecule has 1 aromatic heterocycles. The fourth-order valence-corrected chi connectivity index (χ4v) is 2.94. The van der Waals surface area contributed by atoms with Crippen LogP contribution in [0.5, 0.6) is 5.75 Å². The molecule has 0 saturated heterocycles. The van der Waals surface area contributed by atoms with Crippen LogP contribution in [0.3, 0.4) is 0 Å². The number of ether oxygens (including phenoxy) is 1. The van der Waals surface area contributed by atoms with Crippen LogP contribution in [0.4, 0.5) is 8.78 Å². The first-order valence-corrected chi connectivity index (χ1v) is 8.52. The Bertz CT molecular complexity index is 972. The molecule has 0 spiro atoms. The van der Waals surface area contributed by atoms with Crippen molar-refractivity contribution >= 4 is 5.97 Å². The number of nitrogens with zero attached hydrogens (tertiary/aromatic N) is 1. The van der Waals surface area contributed by atoms with E-state index in [4.69, 9.17) is 9.15 Å². The van der Waals surface area contributed by atoms with Crippen molar-refractivity contribution in [2.24, 2.45) is 0 Å². The number of hydrogen-bond donors (Lipinski definition) is 0. The lowest BCUT2D eigenvalue weighted by Gasteiger charge is -2.11. The van der Waals surface area contributed by atoms with Crippen LogP contribution in [-0.2, 0) is 11.2 Å². The van der Waals surface area contributed by atoms with Crippen LogP contribution in [0.15, 0.2) is 40.9 Å². The van der Waals surface area contributed by atoms with Crippen molar-refractivity contribution in [1.82, 2.24) is 4.98 Å². The number of aryl methyl sites for hydroxylation is 4. The summed E-state index contributed by atoms with van der Waals surface area (Å²) >= 11 is 0. The predicted octanol–water partition coefficient (Wildman–Crippen LogP) is 5.08. The summed E-state index contributed by atoms with van der Waals surface area (Å²) in [5, 5.41) is 0. The second kappa shape index (κ2) is 7.70. The van der Waals surface area contributed by atoms with Crippen LogP contribution in [0.25, 0.3) is 11.3 Å². The number of carbonyl (C=O) groups is 1. The van der Waals surface area contributed by atoms with E-state index in [2.05, 4.69) is 4.98 Å². The van der Waals surface area contributed by atoms with E-state index in [1.165, 1.54) is 12.3 Å². The zero-order valence-corrected chi connectivity index (χ0v) is 15.3. The Kier molecular flexibility index (Phi) is 5.35. The number of oxazole rings is 1. The summed E-state index contributed by atoms with van der Waals surface area (Å²) in [5.41, 5.74) is 3.01. The van der Waals surface area contributed by atoms with E-state index < -0.39 is 17.6 Å². The number of hydrogen-bond acceptors (Lipinski definition) is 4.